The number of nitrogens with two attached hydrogens (primary N) is 1. The van der Waals surface area contributed by atoms with Gasteiger partial charge in [-0.15, -0.1) is 0 Å². The number of rotatable bonds is 0. The van der Waals surface area contributed by atoms with Crippen molar-refractivity contribution in [3.05, 3.63) is 30.0 Å². The lowest BCUT2D eigenvalue weighted by Crippen LogP contribution is -2.10. The van der Waals surface area contributed by atoms with Crippen molar-refractivity contribution in [1.82, 2.24) is 4.98 Å². The van der Waals surface area contributed by atoms with E-state index in [1.165, 1.54) is 0 Å². The Morgan fingerprint density at radius 1 is 1.38 bits per heavy atom. The van der Waals surface area contributed by atoms with Crippen LogP contribution in [0.2, 0.25) is 0 Å². The number of fused-ring (bicyclic) bond motifs is 3. The molecule has 0 saturated heterocycles. The van der Waals surface area contributed by atoms with Gasteiger partial charge in [0, 0.05) is 22.7 Å². The molecule has 3 heteroatoms. The minimum Gasteiger partial charge on any atom is -0.491 e. The van der Waals surface area contributed by atoms with Crippen LogP contribution >= 0.6 is 0 Å². The van der Waals surface area contributed by atoms with E-state index in [2.05, 4.69) is 4.98 Å². The summed E-state index contributed by atoms with van der Waals surface area (Å²) in [4.78, 5) is 3.14. The molecule has 13 heavy (non-hydrogen) atoms. The maximum absolute atomic E-state index is 5.87. The Morgan fingerprint density at radius 3 is 3.23 bits per heavy atom. The molecule has 0 spiro atoms. The Morgan fingerprint density at radius 2 is 2.31 bits per heavy atom. The average molecular weight is 174 g/mol. The van der Waals surface area contributed by atoms with Crippen molar-refractivity contribution < 1.29 is 4.74 Å². The maximum Gasteiger partial charge on any atom is 0.133 e. The Balaban J connectivity index is 2.39. The van der Waals surface area contributed by atoms with Gasteiger partial charge in [-0.2, -0.15) is 0 Å². The molecule has 66 valence electrons. The molecule has 1 aromatic heterocycles. The van der Waals surface area contributed by atoms with Crippen LogP contribution in [-0.2, 0) is 0 Å². The summed E-state index contributed by atoms with van der Waals surface area (Å²) in [6.07, 6.45) is 1.91. The first-order valence-corrected chi connectivity index (χ1v) is 4.34. The fourth-order valence-corrected chi connectivity index (χ4v) is 1.84. The van der Waals surface area contributed by atoms with Crippen LogP contribution in [0.15, 0.2) is 24.4 Å². The number of nitrogens with one attached hydrogen (secondary N) is 1. The lowest BCUT2D eigenvalue weighted by Gasteiger charge is -2.00. The van der Waals surface area contributed by atoms with E-state index < -0.39 is 0 Å². The molecule has 1 aliphatic heterocycles. The van der Waals surface area contributed by atoms with Gasteiger partial charge >= 0.3 is 0 Å². The molecule has 1 aliphatic rings. The number of aromatic nitrogens is 1. The van der Waals surface area contributed by atoms with Crippen molar-refractivity contribution in [2.75, 3.05) is 6.61 Å². The number of ether oxygens (including phenoxy) is 1. The third-order valence-electron chi connectivity index (χ3n) is 2.52. The molecule has 0 unspecified atom stereocenters. The monoisotopic (exact) mass is 174 g/mol. The second-order valence-electron chi connectivity index (χ2n) is 3.34. The topological polar surface area (TPSA) is 51.0 Å². The van der Waals surface area contributed by atoms with Crippen molar-refractivity contribution in [1.29, 1.82) is 0 Å². The van der Waals surface area contributed by atoms with Gasteiger partial charge in [0.05, 0.1) is 6.04 Å². The smallest absolute Gasteiger partial charge is 0.133 e. The molecule has 0 fully saturated rings. The molecule has 3 N–H and O–H groups in total. The van der Waals surface area contributed by atoms with Crippen LogP contribution in [0.1, 0.15) is 11.6 Å². The first-order valence-electron chi connectivity index (χ1n) is 4.34. The van der Waals surface area contributed by atoms with E-state index in [0.29, 0.717) is 6.61 Å². The van der Waals surface area contributed by atoms with Crippen molar-refractivity contribution in [2.45, 2.75) is 6.04 Å². The van der Waals surface area contributed by atoms with Gasteiger partial charge in [-0.25, -0.2) is 0 Å². The van der Waals surface area contributed by atoms with E-state index in [0.717, 1.165) is 22.2 Å². The molecular weight excluding hydrogens is 164 g/mol. The number of aromatic amines is 1. The Hall–Kier alpha value is -1.48. The fraction of sp³-hybridized carbons (Fsp3) is 0.200. The van der Waals surface area contributed by atoms with Gasteiger partial charge < -0.3 is 15.5 Å². The van der Waals surface area contributed by atoms with E-state index in [-0.39, 0.29) is 6.04 Å². The Labute approximate surface area is 75.5 Å². The fourth-order valence-electron chi connectivity index (χ4n) is 1.84. The lowest BCUT2D eigenvalue weighted by molar-refractivity contribution is 0.336. The van der Waals surface area contributed by atoms with Gasteiger partial charge in [0.2, 0.25) is 0 Å². The molecule has 1 atom stereocenters. The number of H-pyrrole nitrogens is 1. The average Bonchev–Trinajstić information content (AvgIpc) is 2.70. The molecule has 2 heterocycles. The molecule has 0 aliphatic carbocycles. The largest absolute Gasteiger partial charge is 0.491 e. The highest BCUT2D eigenvalue weighted by Crippen LogP contribution is 2.37. The summed E-state index contributed by atoms with van der Waals surface area (Å²) in [6.45, 7) is 0.597. The SMILES string of the molecule is N[C@H]1COc2c1ccc1[nH]ccc21. The van der Waals surface area contributed by atoms with Gasteiger partial charge in [0.1, 0.15) is 12.4 Å². The quantitative estimate of drug-likeness (QED) is 0.636. The zero-order valence-corrected chi connectivity index (χ0v) is 7.08. The highest BCUT2D eigenvalue weighted by Gasteiger charge is 2.22. The molecule has 0 amide bonds. The highest BCUT2D eigenvalue weighted by atomic mass is 16.5. The van der Waals surface area contributed by atoms with E-state index in [4.69, 9.17) is 10.5 Å². The van der Waals surface area contributed by atoms with E-state index in [1.54, 1.807) is 0 Å². The van der Waals surface area contributed by atoms with Crippen LogP contribution in [0.3, 0.4) is 0 Å². The van der Waals surface area contributed by atoms with E-state index >= 15 is 0 Å². The van der Waals surface area contributed by atoms with E-state index in [9.17, 15) is 0 Å². The van der Waals surface area contributed by atoms with Crippen LogP contribution in [0.5, 0.6) is 5.75 Å². The van der Waals surface area contributed by atoms with Crippen LogP contribution in [0.4, 0.5) is 0 Å². The van der Waals surface area contributed by atoms with Crippen LogP contribution in [0, 0.1) is 0 Å². The summed E-state index contributed by atoms with van der Waals surface area (Å²) < 4.78 is 5.54. The zero-order chi connectivity index (χ0) is 8.84. The Kier molecular flexibility index (Phi) is 1.21. The number of hydrogen-bond acceptors (Lipinski definition) is 2. The predicted molar refractivity (Wildman–Crippen MR) is 50.7 cm³/mol. The number of hydrogen-bond donors (Lipinski definition) is 2. The summed E-state index contributed by atoms with van der Waals surface area (Å²) in [5.41, 5.74) is 8.09. The first-order chi connectivity index (χ1) is 6.36. The molecule has 2 aromatic rings. The van der Waals surface area contributed by atoms with Crippen LogP contribution < -0.4 is 10.5 Å². The minimum atomic E-state index is 0.0364. The minimum absolute atomic E-state index is 0.0364. The summed E-state index contributed by atoms with van der Waals surface area (Å²) in [5.74, 6) is 0.950. The predicted octanol–water partition coefficient (Wildman–Crippen LogP) is 1.56. The Bertz CT molecular complexity index is 461. The standard InChI is InChI=1S/C10H10N2O/c11-8-5-13-10-6(8)1-2-9-7(10)3-4-12-9/h1-4,8,12H,5,11H2/t8-/m0/s1. The summed E-state index contributed by atoms with van der Waals surface area (Å²) in [7, 11) is 0. The second kappa shape index (κ2) is 2.26. The molecular formula is C10H10N2O. The van der Waals surface area contributed by atoms with Crippen molar-refractivity contribution >= 4 is 10.9 Å². The number of benzene rings is 1. The van der Waals surface area contributed by atoms with E-state index in [1.807, 2.05) is 24.4 Å². The summed E-state index contributed by atoms with van der Waals surface area (Å²) in [6, 6.07) is 6.13. The third kappa shape index (κ3) is 0.820. The zero-order valence-electron chi connectivity index (χ0n) is 7.08. The van der Waals surface area contributed by atoms with Gasteiger partial charge in [-0.1, -0.05) is 6.07 Å². The third-order valence-corrected chi connectivity index (χ3v) is 2.52. The normalized spacial score (nSPS) is 20.2. The summed E-state index contributed by atoms with van der Waals surface area (Å²) >= 11 is 0. The van der Waals surface area contributed by atoms with Crippen molar-refractivity contribution in [3.63, 3.8) is 0 Å². The molecule has 0 radical (unpaired) electrons. The molecule has 3 nitrogen and oxygen atoms in total. The maximum atomic E-state index is 5.87. The van der Waals surface area contributed by atoms with Crippen LogP contribution in [0.25, 0.3) is 10.9 Å². The van der Waals surface area contributed by atoms with Crippen molar-refractivity contribution in [2.24, 2.45) is 5.73 Å². The molecule has 1 aromatic carbocycles. The lowest BCUT2D eigenvalue weighted by atomic mass is 10.1. The van der Waals surface area contributed by atoms with Gasteiger partial charge in [0.15, 0.2) is 0 Å². The van der Waals surface area contributed by atoms with Crippen LogP contribution in [-0.4, -0.2) is 11.6 Å². The first kappa shape index (κ1) is 6.97. The van der Waals surface area contributed by atoms with Gasteiger partial charge in [-0.05, 0) is 12.1 Å². The summed E-state index contributed by atoms with van der Waals surface area (Å²) in [5, 5.41) is 1.13. The van der Waals surface area contributed by atoms with Gasteiger partial charge in [-0.3, -0.25) is 0 Å². The molecule has 3 rings (SSSR count). The second-order valence-corrected chi connectivity index (χ2v) is 3.34. The molecule has 0 bridgehead atoms. The van der Waals surface area contributed by atoms with Gasteiger partial charge in [0.25, 0.3) is 0 Å². The van der Waals surface area contributed by atoms with Crippen molar-refractivity contribution in [3.8, 4) is 5.75 Å². The highest BCUT2D eigenvalue weighted by molar-refractivity contribution is 5.87. The molecule has 0 saturated carbocycles.